The number of nitrogens with zero attached hydrogens (tertiary/aromatic N) is 1. The number of rotatable bonds is 1. The Morgan fingerprint density at radius 2 is 2.33 bits per heavy atom. The van der Waals surface area contributed by atoms with Crippen LogP contribution in [-0.2, 0) is 6.42 Å². The third kappa shape index (κ3) is 1.39. The maximum Gasteiger partial charge on any atom is 0.115 e. The Labute approximate surface area is 88.8 Å². The summed E-state index contributed by atoms with van der Waals surface area (Å²) in [5.74, 6) is 1.94. The second-order valence-electron chi connectivity index (χ2n) is 4.17. The number of phenolic OH excluding ortho intramolecular Hbond substituents is 1. The maximum atomic E-state index is 9.40. The molecule has 0 saturated heterocycles. The van der Waals surface area contributed by atoms with Gasteiger partial charge < -0.3 is 10.4 Å². The number of fused-ring (bicyclic) bond motifs is 1. The summed E-state index contributed by atoms with van der Waals surface area (Å²) >= 11 is 0. The monoisotopic (exact) mass is 202 g/mol. The highest BCUT2D eigenvalue weighted by Gasteiger charge is 2.28. The second kappa shape index (κ2) is 3.26. The first-order chi connectivity index (χ1) is 7.34. The lowest BCUT2D eigenvalue weighted by Crippen LogP contribution is -2.24. The van der Waals surface area contributed by atoms with E-state index in [0.29, 0.717) is 11.7 Å². The average molecular weight is 202 g/mol. The zero-order valence-corrected chi connectivity index (χ0v) is 8.53. The summed E-state index contributed by atoms with van der Waals surface area (Å²) in [4.78, 5) is 4.48. The zero-order valence-electron chi connectivity index (χ0n) is 8.53. The third-order valence-electron chi connectivity index (χ3n) is 3.23. The van der Waals surface area contributed by atoms with E-state index in [-0.39, 0.29) is 0 Å². The van der Waals surface area contributed by atoms with Crippen molar-refractivity contribution in [2.24, 2.45) is 4.99 Å². The van der Waals surface area contributed by atoms with Crippen LogP contribution in [0.5, 0.6) is 5.75 Å². The molecule has 0 saturated carbocycles. The summed E-state index contributed by atoms with van der Waals surface area (Å²) in [7, 11) is 0. The molecule has 1 heterocycles. The minimum Gasteiger partial charge on any atom is -0.508 e. The highest BCUT2D eigenvalue weighted by atomic mass is 16.3. The Hall–Kier alpha value is -1.51. The number of aromatic hydroxyl groups is 1. The van der Waals surface area contributed by atoms with Gasteiger partial charge >= 0.3 is 0 Å². The molecule has 1 atom stereocenters. The fourth-order valence-corrected chi connectivity index (χ4v) is 2.54. The van der Waals surface area contributed by atoms with Crippen LogP contribution >= 0.6 is 0 Å². The molecule has 1 aromatic carbocycles. The van der Waals surface area contributed by atoms with Crippen molar-refractivity contribution in [2.75, 3.05) is 13.1 Å². The molecule has 1 aromatic rings. The van der Waals surface area contributed by atoms with Gasteiger partial charge in [-0.3, -0.25) is 4.99 Å². The summed E-state index contributed by atoms with van der Waals surface area (Å²) in [6.07, 6.45) is 2.17. The molecule has 0 spiro atoms. The topological polar surface area (TPSA) is 44.6 Å². The summed E-state index contributed by atoms with van der Waals surface area (Å²) < 4.78 is 0. The number of nitrogens with one attached hydrogen (secondary N) is 1. The average Bonchev–Trinajstić information content (AvgIpc) is 2.82. The van der Waals surface area contributed by atoms with E-state index in [9.17, 15) is 5.11 Å². The van der Waals surface area contributed by atoms with Crippen LogP contribution in [0.2, 0.25) is 0 Å². The molecular formula is C12H14N2O. The Kier molecular flexibility index (Phi) is 1.91. The molecule has 2 aliphatic rings. The predicted molar refractivity (Wildman–Crippen MR) is 59.5 cm³/mol. The SMILES string of the molecule is Oc1ccc2c(c1)CCC2C1=NCCN1. The number of aryl methyl sites for hydroxylation is 1. The lowest BCUT2D eigenvalue weighted by atomic mass is 10.00. The Bertz CT molecular complexity index is 426. The van der Waals surface area contributed by atoms with Crippen molar-refractivity contribution < 1.29 is 5.11 Å². The molecule has 1 unspecified atom stereocenters. The number of hydrogen-bond acceptors (Lipinski definition) is 3. The number of phenols is 1. The molecule has 1 aliphatic heterocycles. The molecule has 3 nitrogen and oxygen atoms in total. The first kappa shape index (κ1) is 8.77. The minimum absolute atomic E-state index is 0.371. The van der Waals surface area contributed by atoms with Gasteiger partial charge in [0, 0.05) is 12.5 Å². The lowest BCUT2D eigenvalue weighted by molar-refractivity contribution is 0.474. The number of benzene rings is 1. The summed E-state index contributed by atoms with van der Waals surface area (Å²) in [6, 6.07) is 5.68. The Balaban J connectivity index is 1.97. The van der Waals surface area contributed by atoms with E-state index in [1.165, 1.54) is 11.1 Å². The van der Waals surface area contributed by atoms with Crippen molar-refractivity contribution in [1.29, 1.82) is 0 Å². The molecule has 0 aromatic heterocycles. The number of amidine groups is 1. The molecule has 0 bridgehead atoms. The first-order valence-electron chi connectivity index (χ1n) is 5.44. The molecule has 0 fully saturated rings. The molecule has 3 heteroatoms. The summed E-state index contributed by atoms with van der Waals surface area (Å²) in [6.45, 7) is 1.87. The van der Waals surface area contributed by atoms with Crippen LogP contribution in [0.1, 0.15) is 23.5 Å². The van der Waals surface area contributed by atoms with Gasteiger partial charge in [0.05, 0.1) is 6.54 Å². The zero-order chi connectivity index (χ0) is 10.3. The molecule has 1 aliphatic carbocycles. The van der Waals surface area contributed by atoms with Gasteiger partial charge in [-0.2, -0.15) is 0 Å². The Morgan fingerprint density at radius 1 is 1.40 bits per heavy atom. The number of hydrogen-bond donors (Lipinski definition) is 2. The quantitative estimate of drug-likeness (QED) is 0.723. The van der Waals surface area contributed by atoms with Crippen LogP contribution < -0.4 is 5.32 Å². The third-order valence-corrected chi connectivity index (χ3v) is 3.23. The van der Waals surface area contributed by atoms with Crippen molar-refractivity contribution in [3.8, 4) is 5.75 Å². The first-order valence-corrected chi connectivity index (χ1v) is 5.44. The van der Waals surface area contributed by atoms with Gasteiger partial charge in [-0.15, -0.1) is 0 Å². The van der Waals surface area contributed by atoms with E-state index in [1.807, 2.05) is 12.1 Å². The summed E-state index contributed by atoms with van der Waals surface area (Å²) in [5.41, 5.74) is 2.61. The standard InChI is InChI=1S/C12H14N2O/c15-9-2-4-10-8(7-9)1-3-11(10)12-13-5-6-14-12/h2,4,7,11,15H,1,3,5-6H2,(H,13,14). The largest absolute Gasteiger partial charge is 0.508 e. The van der Waals surface area contributed by atoms with Crippen LogP contribution in [0.4, 0.5) is 0 Å². The minimum atomic E-state index is 0.371. The molecule has 2 N–H and O–H groups in total. The molecular weight excluding hydrogens is 188 g/mol. The van der Waals surface area contributed by atoms with Crippen LogP contribution in [0.3, 0.4) is 0 Å². The number of aliphatic imine (C=N–C) groups is 1. The predicted octanol–water partition coefficient (Wildman–Crippen LogP) is 1.42. The lowest BCUT2D eigenvalue weighted by Gasteiger charge is -2.12. The highest BCUT2D eigenvalue weighted by Crippen LogP contribution is 2.35. The van der Waals surface area contributed by atoms with Gasteiger partial charge in [0.15, 0.2) is 0 Å². The van der Waals surface area contributed by atoms with Crippen LogP contribution in [0.15, 0.2) is 23.2 Å². The summed E-state index contributed by atoms with van der Waals surface area (Å²) in [5, 5.41) is 12.7. The van der Waals surface area contributed by atoms with Crippen LogP contribution in [0.25, 0.3) is 0 Å². The van der Waals surface area contributed by atoms with Gasteiger partial charge in [0.1, 0.15) is 11.6 Å². The highest BCUT2D eigenvalue weighted by molar-refractivity contribution is 5.91. The van der Waals surface area contributed by atoms with Crippen molar-refractivity contribution in [2.45, 2.75) is 18.8 Å². The van der Waals surface area contributed by atoms with Gasteiger partial charge in [-0.25, -0.2) is 0 Å². The molecule has 0 radical (unpaired) electrons. The van der Waals surface area contributed by atoms with Crippen LogP contribution in [-0.4, -0.2) is 24.0 Å². The van der Waals surface area contributed by atoms with Crippen molar-refractivity contribution >= 4 is 5.84 Å². The van der Waals surface area contributed by atoms with E-state index in [0.717, 1.165) is 31.8 Å². The molecule has 0 amide bonds. The van der Waals surface area contributed by atoms with E-state index >= 15 is 0 Å². The van der Waals surface area contributed by atoms with Gasteiger partial charge in [0.2, 0.25) is 0 Å². The van der Waals surface area contributed by atoms with Crippen molar-refractivity contribution in [1.82, 2.24) is 5.32 Å². The van der Waals surface area contributed by atoms with E-state index in [2.05, 4.69) is 10.3 Å². The van der Waals surface area contributed by atoms with Crippen LogP contribution in [0, 0.1) is 0 Å². The Morgan fingerprint density at radius 3 is 3.13 bits per heavy atom. The van der Waals surface area contributed by atoms with Gasteiger partial charge in [-0.05, 0) is 36.1 Å². The van der Waals surface area contributed by atoms with E-state index < -0.39 is 0 Å². The normalized spacial score (nSPS) is 23.5. The molecule has 15 heavy (non-hydrogen) atoms. The van der Waals surface area contributed by atoms with Gasteiger partial charge in [0.25, 0.3) is 0 Å². The molecule has 3 rings (SSSR count). The van der Waals surface area contributed by atoms with Gasteiger partial charge in [-0.1, -0.05) is 6.07 Å². The van der Waals surface area contributed by atoms with Crippen molar-refractivity contribution in [3.05, 3.63) is 29.3 Å². The molecule has 78 valence electrons. The maximum absolute atomic E-state index is 9.40. The van der Waals surface area contributed by atoms with E-state index in [4.69, 9.17) is 0 Å². The van der Waals surface area contributed by atoms with Crippen molar-refractivity contribution in [3.63, 3.8) is 0 Å². The smallest absolute Gasteiger partial charge is 0.115 e. The second-order valence-corrected chi connectivity index (χ2v) is 4.17. The fraction of sp³-hybridized carbons (Fsp3) is 0.417. The van der Waals surface area contributed by atoms with E-state index in [1.54, 1.807) is 6.07 Å². The fourth-order valence-electron chi connectivity index (χ4n) is 2.54.